The first-order chi connectivity index (χ1) is 7.67. The second-order valence-corrected chi connectivity index (χ2v) is 6.64. The molecule has 1 saturated carbocycles. The molecule has 0 amide bonds. The molecule has 3 unspecified atom stereocenters. The van der Waals surface area contributed by atoms with Crippen molar-refractivity contribution in [2.24, 2.45) is 5.92 Å². The van der Waals surface area contributed by atoms with Crippen LogP contribution in [-0.2, 0) is 4.74 Å². The van der Waals surface area contributed by atoms with Crippen molar-refractivity contribution < 1.29 is 4.74 Å². The van der Waals surface area contributed by atoms with Crippen LogP contribution in [0, 0.1) is 5.92 Å². The number of rotatable bonds is 7. The summed E-state index contributed by atoms with van der Waals surface area (Å²) in [6.07, 6.45) is 4.06. The van der Waals surface area contributed by atoms with Gasteiger partial charge in [-0.2, -0.15) is 11.8 Å². The lowest BCUT2D eigenvalue weighted by molar-refractivity contribution is 0.140. The van der Waals surface area contributed by atoms with Crippen LogP contribution in [0.5, 0.6) is 0 Å². The quantitative estimate of drug-likeness (QED) is 0.745. The van der Waals surface area contributed by atoms with Gasteiger partial charge < -0.3 is 10.1 Å². The lowest BCUT2D eigenvalue weighted by atomic mass is 10.0. The fourth-order valence-electron chi connectivity index (χ4n) is 2.39. The van der Waals surface area contributed by atoms with Gasteiger partial charge in [0.15, 0.2) is 0 Å². The molecular weight excluding hydrogens is 218 g/mol. The van der Waals surface area contributed by atoms with Gasteiger partial charge in [-0.05, 0) is 30.9 Å². The monoisotopic (exact) mass is 245 g/mol. The lowest BCUT2D eigenvalue weighted by Crippen LogP contribution is -2.43. The normalized spacial score (nSPS) is 27.6. The Bertz CT molecular complexity index is 187. The maximum atomic E-state index is 5.28. The summed E-state index contributed by atoms with van der Waals surface area (Å²) in [4.78, 5) is 0. The lowest BCUT2D eigenvalue weighted by Gasteiger charge is -2.25. The highest BCUT2D eigenvalue weighted by Gasteiger charge is 2.27. The van der Waals surface area contributed by atoms with E-state index in [0.717, 1.165) is 11.9 Å². The average molecular weight is 245 g/mol. The van der Waals surface area contributed by atoms with Gasteiger partial charge in [-0.1, -0.05) is 20.8 Å². The zero-order chi connectivity index (χ0) is 12.0. The molecule has 16 heavy (non-hydrogen) atoms. The Balaban J connectivity index is 2.30. The van der Waals surface area contributed by atoms with Gasteiger partial charge in [0.1, 0.15) is 0 Å². The van der Waals surface area contributed by atoms with Crippen LogP contribution < -0.4 is 5.32 Å². The Kier molecular flexibility index (Phi) is 6.78. The molecular formula is C13H27NOS. The van der Waals surface area contributed by atoms with Crippen molar-refractivity contribution in [3.8, 4) is 0 Å². The van der Waals surface area contributed by atoms with E-state index in [9.17, 15) is 0 Å². The van der Waals surface area contributed by atoms with Gasteiger partial charge in [0, 0.05) is 24.4 Å². The summed E-state index contributed by atoms with van der Waals surface area (Å²) >= 11 is 2.12. The minimum absolute atomic E-state index is 0.514. The molecule has 0 radical (unpaired) electrons. The molecule has 96 valence electrons. The Morgan fingerprint density at radius 3 is 2.69 bits per heavy atom. The molecule has 1 N–H and O–H groups in total. The maximum absolute atomic E-state index is 5.28. The van der Waals surface area contributed by atoms with E-state index in [0.29, 0.717) is 18.0 Å². The molecule has 3 atom stereocenters. The zero-order valence-corrected chi connectivity index (χ0v) is 12.0. The van der Waals surface area contributed by atoms with Gasteiger partial charge >= 0.3 is 0 Å². The molecule has 0 saturated heterocycles. The van der Waals surface area contributed by atoms with Crippen LogP contribution in [0.2, 0.25) is 0 Å². The van der Waals surface area contributed by atoms with Crippen LogP contribution in [0.1, 0.15) is 40.0 Å². The van der Waals surface area contributed by atoms with Crippen molar-refractivity contribution in [2.45, 2.75) is 57.4 Å². The van der Waals surface area contributed by atoms with Gasteiger partial charge in [-0.3, -0.25) is 0 Å². The highest BCUT2D eigenvalue weighted by atomic mass is 32.2. The first kappa shape index (κ1) is 14.3. The molecule has 0 heterocycles. The predicted molar refractivity (Wildman–Crippen MR) is 73.2 cm³/mol. The molecule has 1 aliphatic rings. The van der Waals surface area contributed by atoms with Gasteiger partial charge in [0.2, 0.25) is 0 Å². The van der Waals surface area contributed by atoms with Crippen LogP contribution >= 0.6 is 11.8 Å². The second kappa shape index (κ2) is 7.57. The molecule has 0 aliphatic heterocycles. The van der Waals surface area contributed by atoms with E-state index in [-0.39, 0.29) is 0 Å². The molecule has 0 aromatic rings. The average Bonchev–Trinajstić information content (AvgIpc) is 2.65. The fraction of sp³-hybridized carbons (Fsp3) is 1.00. The van der Waals surface area contributed by atoms with Gasteiger partial charge in [0.25, 0.3) is 0 Å². The highest BCUT2D eigenvalue weighted by molar-refractivity contribution is 7.99. The van der Waals surface area contributed by atoms with Crippen LogP contribution in [0.15, 0.2) is 0 Å². The zero-order valence-electron chi connectivity index (χ0n) is 11.2. The summed E-state index contributed by atoms with van der Waals surface area (Å²) < 4.78 is 5.28. The molecule has 0 aromatic carbocycles. The molecule has 0 bridgehead atoms. The molecule has 1 fully saturated rings. The van der Waals surface area contributed by atoms with E-state index in [4.69, 9.17) is 4.74 Å². The minimum Gasteiger partial charge on any atom is -0.383 e. The third-order valence-electron chi connectivity index (χ3n) is 3.39. The summed E-state index contributed by atoms with van der Waals surface area (Å²) in [7, 11) is 1.79. The molecule has 0 aromatic heterocycles. The van der Waals surface area contributed by atoms with Crippen LogP contribution in [0.4, 0.5) is 0 Å². The number of thioether (sulfide) groups is 1. The van der Waals surface area contributed by atoms with E-state index in [1.54, 1.807) is 7.11 Å². The highest BCUT2D eigenvalue weighted by Crippen LogP contribution is 2.30. The van der Waals surface area contributed by atoms with Crippen LogP contribution in [0.25, 0.3) is 0 Å². The number of nitrogens with one attached hydrogen (secondary N) is 1. The topological polar surface area (TPSA) is 21.3 Å². The summed E-state index contributed by atoms with van der Waals surface area (Å²) in [6.45, 7) is 7.63. The van der Waals surface area contributed by atoms with Crippen LogP contribution in [0.3, 0.4) is 0 Å². The predicted octanol–water partition coefficient (Wildman–Crippen LogP) is 2.92. The summed E-state index contributed by atoms with van der Waals surface area (Å²) in [5, 5.41) is 4.65. The smallest absolute Gasteiger partial charge is 0.0618 e. The van der Waals surface area contributed by atoms with Gasteiger partial charge in [-0.25, -0.2) is 0 Å². The van der Waals surface area contributed by atoms with Crippen molar-refractivity contribution in [3.05, 3.63) is 0 Å². The molecule has 2 nitrogen and oxygen atoms in total. The van der Waals surface area contributed by atoms with Crippen molar-refractivity contribution in [3.63, 3.8) is 0 Å². The van der Waals surface area contributed by atoms with E-state index in [1.807, 2.05) is 0 Å². The summed E-state index contributed by atoms with van der Waals surface area (Å²) in [6, 6.07) is 1.23. The Labute approximate surface area is 105 Å². The van der Waals surface area contributed by atoms with Crippen molar-refractivity contribution in [2.75, 3.05) is 19.5 Å². The number of hydrogen-bond acceptors (Lipinski definition) is 3. The Hall–Kier alpha value is 0.270. The van der Waals surface area contributed by atoms with E-state index < -0.39 is 0 Å². The number of methoxy groups -OCH3 is 1. The van der Waals surface area contributed by atoms with E-state index in [2.05, 4.69) is 37.8 Å². The molecule has 0 spiro atoms. The standard InChI is InChI=1S/C13H27NOS/c1-5-16-12-7-6-11(8-12)14-13(9-15-4)10(2)3/h10-14H,5-9H2,1-4H3. The van der Waals surface area contributed by atoms with Crippen molar-refractivity contribution >= 4 is 11.8 Å². The first-order valence-corrected chi connectivity index (χ1v) is 7.58. The van der Waals surface area contributed by atoms with E-state index in [1.165, 1.54) is 25.0 Å². The van der Waals surface area contributed by atoms with Crippen molar-refractivity contribution in [1.29, 1.82) is 0 Å². The minimum atomic E-state index is 0.514. The first-order valence-electron chi connectivity index (χ1n) is 6.54. The van der Waals surface area contributed by atoms with Crippen LogP contribution in [-0.4, -0.2) is 36.8 Å². The third-order valence-corrected chi connectivity index (χ3v) is 4.62. The largest absolute Gasteiger partial charge is 0.383 e. The SMILES string of the molecule is CCSC1CCC(NC(COC)C(C)C)C1. The molecule has 3 heteroatoms. The second-order valence-electron chi connectivity index (χ2n) is 5.06. The van der Waals surface area contributed by atoms with E-state index >= 15 is 0 Å². The molecule has 1 aliphatic carbocycles. The maximum Gasteiger partial charge on any atom is 0.0618 e. The van der Waals surface area contributed by atoms with Gasteiger partial charge in [0.05, 0.1) is 6.61 Å². The molecule has 1 rings (SSSR count). The van der Waals surface area contributed by atoms with Crippen molar-refractivity contribution in [1.82, 2.24) is 5.32 Å². The third kappa shape index (κ3) is 4.64. The summed E-state index contributed by atoms with van der Waals surface area (Å²) in [5.74, 6) is 1.90. The number of ether oxygens (including phenoxy) is 1. The number of hydrogen-bond donors (Lipinski definition) is 1. The summed E-state index contributed by atoms with van der Waals surface area (Å²) in [5.41, 5.74) is 0. The fourth-order valence-corrected chi connectivity index (χ4v) is 3.54. The van der Waals surface area contributed by atoms with Gasteiger partial charge in [-0.15, -0.1) is 0 Å². The Morgan fingerprint density at radius 1 is 1.38 bits per heavy atom. The Morgan fingerprint density at radius 2 is 2.12 bits per heavy atom.